The van der Waals surface area contributed by atoms with Crippen LogP contribution in [0.15, 0.2) is 46.9 Å². The van der Waals surface area contributed by atoms with Gasteiger partial charge in [-0.2, -0.15) is 0 Å². The van der Waals surface area contributed by atoms with E-state index in [1.54, 1.807) is 24.3 Å². The van der Waals surface area contributed by atoms with Gasteiger partial charge >= 0.3 is 5.97 Å². The molecule has 2 N–H and O–H groups in total. The topological polar surface area (TPSA) is 105 Å². The van der Waals surface area contributed by atoms with E-state index in [4.69, 9.17) is 16.3 Å². The molecule has 10 heteroatoms. The summed E-state index contributed by atoms with van der Waals surface area (Å²) >= 11 is 9.14. The Balaban J connectivity index is 1.48. The van der Waals surface area contributed by atoms with E-state index in [-0.39, 0.29) is 13.0 Å². The average Bonchev–Trinajstić information content (AvgIpc) is 3.09. The molecule has 1 aliphatic heterocycles. The van der Waals surface area contributed by atoms with Crippen molar-refractivity contribution in [1.29, 1.82) is 0 Å². The number of halogens is 2. The Kier molecular flexibility index (Phi) is 7.29. The van der Waals surface area contributed by atoms with Gasteiger partial charge in [0, 0.05) is 27.2 Å². The number of rotatable bonds is 6. The molecule has 31 heavy (non-hydrogen) atoms. The molecule has 162 valence electrons. The third-order valence-electron chi connectivity index (χ3n) is 4.61. The van der Waals surface area contributed by atoms with E-state index in [1.165, 1.54) is 12.1 Å². The first-order valence-corrected chi connectivity index (χ1v) is 10.5. The van der Waals surface area contributed by atoms with Crippen LogP contribution < -0.4 is 10.7 Å². The predicted octanol–water partition coefficient (Wildman–Crippen LogP) is 3.09. The summed E-state index contributed by atoms with van der Waals surface area (Å²) in [4.78, 5) is 48.8. The summed E-state index contributed by atoms with van der Waals surface area (Å²) in [6, 6.07) is 11.5. The number of benzene rings is 2. The molecule has 0 aromatic heterocycles. The molecule has 1 atom stereocenters. The minimum atomic E-state index is -0.778. The lowest BCUT2D eigenvalue weighted by Crippen LogP contribution is -2.43. The van der Waals surface area contributed by atoms with Crippen molar-refractivity contribution >= 4 is 56.9 Å². The van der Waals surface area contributed by atoms with Crippen LogP contribution in [0.25, 0.3) is 0 Å². The van der Waals surface area contributed by atoms with Crippen molar-refractivity contribution < 1.29 is 23.9 Å². The fraction of sp³-hybridized carbons (Fsp3) is 0.238. The Morgan fingerprint density at radius 2 is 1.90 bits per heavy atom. The fourth-order valence-electron chi connectivity index (χ4n) is 2.97. The minimum Gasteiger partial charge on any atom is -0.455 e. The summed E-state index contributed by atoms with van der Waals surface area (Å²) in [6.45, 7) is 1.32. The van der Waals surface area contributed by atoms with E-state index < -0.39 is 36.2 Å². The fourth-order valence-corrected chi connectivity index (χ4v) is 3.57. The van der Waals surface area contributed by atoms with Gasteiger partial charge in [0.25, 0.3) is 11.8 Å². The lowest BCUT2D eigenvalue weighted by molar-refractivity contribution is -0.151. The van der Waals surface area contributed by atoms with Gasteiger partial charge in [-0.15, -0.1) is 0 Å². The summed E-state index contributed by atoms with van der Waals surface area (Å²) in [5, 5.41) is 4.23. The number of carbonyl (C=O) groups excluding carboxylic acids is 4. The molecule has 8 nitrogen and oxygen atoms in total. The quantitative estimate of drug-likeness (QED) is 0.584. The molecule has 1 saturated heterocycles. The maximum absolute atomic E-state index is 12.3. The molecule has 1 fully saturated rings. The van der Waals surface area contributed by atoms with Gasteiger partial charge in [-0.05, 0) is 55.0 Å². The minimum absolute atomic E-state index is 0.0373. The van der Waals surface area contributed by atoms with E-state index in [0.717, 1.165) is 15.0 Å². The second-order valence-corrected chi connectivity index (χ2v) is 8.32. The zero-order valence-corrected chi connectivity index (χ0v) is 18.8. The molecule has 0 radical (unpaired) electrons. The number of ether oxygens (including phenoxy) is 1. The molecule has 2 aromatic rings. The molecular formula is C21H19BrClN3O5. The summed E-state index contributed by atoms with van der Waals surface area (Å²) in [5.41, 5.74) is 4.25. The van der Waals surface area contributed by atoms with Crippen LogP contribution in [0.2, 0.25) is 5.02 Å². The summed E-state index contributed by atoms with van der Waals surface area (Å²) in [7, 11) is 0. The second kappa shape index (κ2) is 9.93. The first-order chi connectivity index (χ1) is 14.7. The van der Waals surface area contributed by atoms with Gasteiger partial charge in [0.1, 0.15) is 0 Å². The number of nitrogens with one attached hydrogen (secondary N) is 2. The normalized spacial score (nSPS) is 15.5. The molecule has 3 rings (SSSR count). The molecule has 0 aliphatic carbocycles. The third kappa shape index (κ3) is 6.05. The van der Waals surface area contributed by atoms with E-state index >= 15 is 0 Å². The summed E-state index contributed by atoms with van der Waals surface area (Å²) in [5.74, 6) is -2.86. The van der Waals surface area contributed by atoms with E-state index in [9.17, 15) is 19.2 Å². The van der Waals surface area contributed by atoms with Crippen molar-refractivity contribution in [3.05, 3.63) is 63.1 Å². The predicted molar refractivity (Wildman–Crippen MR) is 117 cm³/mol. The van der Waals surface area contributed by atoms with Crippen molar-refractivity contribution in [3.8, 4) is 0 Å². The highest BCUT2D eigenvalue weighted by Gasteiger charge is 2.36. The van der Waals surface area contributed by atoms with Crippen molar-refractivity contribution in [2.45, 2.75) is 13.3 Å². The first kappa shape index (κ1) is 22.8. The number of aryl methyl sites for hydroxylation is 1. The van der Waals surface area contributed by atoms with E-state index in [1.807, 2.05) is 13.0 Å². The van der Waals surface area contributed by atoms with Gasteiger partial charge in [-0.3, -0.25) is 29.6 Å². The number of hydrogen-bond acceptors (Lipinski definition) is 5. The largest absolute Gasteiger partial charge is 0.455 e. The third-order valence-corrected chi connectivity index (χ3v) is 5.35. The number of anilines is 1. The maximum Gasteiger partial charge on any atom is 0.311 e. The lowest BCUT2D eigenvalue weighted by atomic mass is 10.1. The smallest absolute Gasteiger partial charge is 0.311 e. The van der Waals surface area contributed by atoms with E-state index in [2.05, 4.69) is 26.7 Å². The van der Waals surface area contributed by atoms with Crippen LogP contribution in [0, 0.1) is 12.8 Å². The van der Waals surface area contributed by atoms with Crippen LogP contribution in [0.4, 0.5) is 5.69 Å². The number of carbonyl (C=O) groups is 4. The highest BCUT2D eigenvalue weighted by molar-refractivity contribution is 9.10. The maximum atomic E-state index is 12.3. The van der Waals surface area contributed by atoms with Crippen molar-refractivity contribution in [2.24, 2.45) is 5.92 Å². The SMILES string of the molecule is Cc1cc(Br)ccc1NC(=O)COC(=O)[C@@H]1CC(=O)N(NC(=O)c2ccc(Cl)cc2)C1. The number of esters is 1. The van der Waals surface area contributed by atoms with Gasteiger partial charge in [-0.1, -0.05) is 27.5 Å². The Labute approximate surface area is 192 Å². The molecule has 1 aliphatic rings. The van der Waals surface area contributed by atoms with Crippen LogP contribution in [-0.2, 0) is 19.1 Å². The van der Waals surface area contributed by atoms with Gasteiger partial charge in [0.2, 0.25) is 5.91 Å². The molecule has 3 amide bonds. The number of nitrogens with zero attached hydrogens (tertiary/aromatic N) is 1. The molecule has 1 heterocycles. The van der Waals surface area contributed by atoms with Gasteiger partial charge in [0.05, 0.1) is 12.5 Å². The number of hydrogen-bond donors (Lipinski definition) is 2. The number of hydrazine groups is 1. The summed E-state index contributed by atoms with van der Waals surface area (Å²) in [6.07, 6.45) is -0.118. The molecule has 2 aromatic carbocycles. The van der Waals surface area contributed by atoms with Gasteiger partial charge in [0.15, 0.2) is 6.61 Å². The zero-order chi connectivity index (χ0) is 22.5. The van der Waals surface area contributed by atoms with Crippen LogP contribution in [0.1, 0.15) is 22.3 Å². The lowest BCUT2D eigenvalue weighted by Gasteiger charge is -2.17. The molecule has 0 saturated carbocycles. The van der Waals surface area contributed by atoms with Crippen LogP contribution in [0.5, 0.6) is 0 Å². The zero-order valence-electron chi connectivity index (χ0n) is 16.5. The first-order valence-electron chi connectivity index (χ1n) is 9.32. The molecule has 0 unspecified atom stereocenters. The van der Waals surface area contributed by atoms with Crippen molar-refractivity contribution in [3.63, 3.8) is 0 Å². The van der Waals surface area contributed by atoms with Crippen molar-refractivity contribution in [2.75, 3.05) is 18.5 Å². The molecule has 0 spiro atoms. The molecule has 0 bridgehead atoms. The Bertz CT molecular complexity index is 1030. The monoisotopic (exact) mass is 507 g/mol. The number of amides is 3. The molecular weight excluding hydrogens is 490 g/mol. The highest BCUT2D eigenvalue weighted by atomic mass is 79.9. The Morgan fingerprint density at radius 1 is 1.19 bits per heavy atom. The Hall–Kier alpha value is -2.91. The van der Waals surface area contributed by atoms with E-state index in [0.29, 0.717) is 16.3 Å². The van der Waals surface area contributed by atoms with Crippen molar-refractivity contribution in [1.82, 2.24) is 10.4 Å². The Morgan fingerprint density at radius 3 is 2.58 bits per heavy atom. The second-order valence-electron chi connectivity index (χ2n) is 6.97. The summed E-state index contributed by atoms with van der Waals surface area (Å²) < 4.78 is 5.94. The van der Waals surface area contributed by atoms with Crippen LogP contribution in [-0.4, -0.2) is 41.9 Å². The van der Waals surface area contributed by atoms with Crippen LogP contribution >= 0.6 is 27.5 Å². The average molecular weight is 509 g/mol. The van der Waals surface area contributed by atoms with Gasteiger partial charge in [-0.25, -0.2) is 0 Å². The van der Waals surface area contributed by atoms with Crippen LogP contribution in [0.3, 0.4) is 0 Å². The highest BCUT2D eigenvalue weighted by Crippen LogP contribution is 2.21. The standard InChI is InChI=1S/C21H19BrClN3O5/c1-12-8-15(22)4-7-17(12)24-18(27)11-31-21(30)14-9-19(28)26(10-14)25-20(29)13-2-5-16(23)6-3-13/h2-8,14H,9-11H2,1H3,(H,24,27)(H,25,29)/t14-/m1/s1. The van der Waals surface area contributed by atoms with Gasteiger partial charge < -0.3 is 10.1 Å².